The molecular formula is C11H11N3O4. The minimum Gasteiger partial charge on any atom is -0.484 e. The molecule has 0 radical (unpaired) electrons. The van der Waals surface area contributed by atoms with E-state index in [0.717, 1.165) is 0 Å². The number of nitro groups is 1. The van der Waals surface area contributed by atoms with E-state index in [-0.39, 0.29) is 12.3 Å². The Balaban J connectivity index is 2.06. The third kappa shape index (κ3) is 2.62. The third-order valence-electron chi connectivity index (χ3n) is 2.30. The van der Waals surface area contributed by atoms with Crippen molar-refractivity contribution in [2.24, 2.45) is 0 Å². The summed E-state index contributed by atoms with van der Waals surface area (Å²) < 4.78 is 10.3. The third-order valence-corrected chi connectivity index (χ3v) is 2.30. The predicted octanol–water partition coefficient (Wildman–Crippen LogP) is 2.17. The zero-order valence-electron chi connectivity index (χ0n) is 9.91. The summed E-state index contributed by atoms with van der Waals surface area (Å²) >= 11 is 0. The van der Waals surface area contributed by atoms with Crippen LogP contribution in [0.1, 0.15) is 17.3 Å². The van der Waals surface area contributed by atoms with E-state index >= 15 is 0 Å². The fraction of sp³-hybridized carbons (Fsp3) is 0.273. The molecule has 0 fully saturated rings. The lowest BCUT2D eigenvalue weighted by Gasteiger charge is -2.04. The summed E-state index contributed by atoms with van der Waals surface area (Å²) in [6, 6.07) is 4.54. The smallest absolute Gasteiger partial charge is 0.272 e. The molecule has 0 aliphatic heterocycles. The standard InChI is InChI=1S/C11H11N3O4/c1-7-5-9(3-4-10(7)14(15)16)17-6-11-12-8(2)13-18-11/h3-5H,6H2,1-2H3. The molecule has 94 valence electrons. The molecule has 2 aromatic rings. The van der Waals surface area contributed by atoms with Gasteiger partial charge in [-0.05, 0) is 26.0 Å². The Morgan fingerprint density at radius 2 is 2.22 bits per heavy atom. The van der Waals surface area contributed by atoms with Crippen LogP contribution in [-0.4, -0.2) is 15.1 Å². The van der Waals surface area contributed by atoms with Crippen LogP contribution < -0.4 is 4.74 Å². The molecule has 1 aromatic heterocycles. The second kappa shape index (κ2) is 4.82. The van der Waals surface area contributed by atoms with Crippen molar-refractivity contribution in [2.45, 2.75) is 20.5 Å². The average Bonchev–Trinajstić information content (AvgIpc) is 2.72. The van der Waals surface area contributed by atoms with Gasteiger partial charge in [-0.25, -0.2) is 0 Å². The van der Waals surface area contributed by atoms with Gasteiger partial charge in [-0.1, -0.05) is 5.16 Å². The Labute approximate surface area is 103 Å². The zero-order chi connectivity index (χ0) is 13.1. The minimum absolute atomic E-state index is 0.0657. The van der Waals surface area contributed by atoms with Crippen molar-refractivity contribution in [2.75, 3.05) is 0 Å². The Hall–Kier alpha value is -2.44. The number of aryl methyl sites for hydroxylation is 2. The van der Waals surface area contributed by atoms with Crippen molar-refractivity contribution in [1.29, 1.82) is 0 Å². The van der Waals surface area contributed by atoms with E-state index in [2.05, 4.69) is 10.1 Å². The normalized spacial score (nSPS) is 10.3. The van der Waals surface area contributed by atoms with E-state index in [1.165, 1.54) is 12.1 Å². The number of nitrogens with zero attached hydrogens (tertiary/aromatic N) is 3. The summed E-state index contributed by atoms with van der Waals surface area (Å²) in [5.41, 5.74) is 0.607. The first-order valence-corrected chi connectivity index (χ1v) is 5.23. The van der Waals surface area contributed by atoms with Crippen LogP contribution in [0.2, 0.25) is 0 Å². The van der Waals surface area contributed by atoms with Crippen LogP contribution in [0.4, 0.5) is 5.69 Å². The number of rotatable bonds is 4. The van der Waals surface area contributed by atoms with Crippen LogP contribution >= 0.6 is 0 Å². The first kappa shape index (κ1) is 12.0. The van der Waals surface area contributed by atoms with Crippen LogP contribution in [-0.2, 0) is 6.61 Å². The van der Waals surface area contributed by atoms with Crippen LogP contribution in [0.25, 0.3) is 0 Å². The van der Waals surface area contributed by atoms with Crippen molar-refractivity contribution >= 4 is 5.69 Å². The number of aromatic nitrogens is 2. The quantitative estimate of drug-likeness (QED) is 0.609. The van der Waals surface area contributed by atoms with E-state index < -0.39 is 4.92 Å². The molecule has 0 aliphatic carbocycles. The molecule has 1 heterocycles. The van der Waals surface area contributed by atoms with Gasteiger partial charge in [-0.2, -0.15) is 4.98 Å². The Morgan fingerprint density at radius 3 is 2.78 bits per heavy atom. The highest BCUT2D eigenvalue weighted by Crippen LogP contribution is 2.23. The summed E-state index contributed by atoms with van der Waals surface area (Å²) in [7, 11) is 0. The maximum Gasteiger partial charge on any atom is 0.272 e. The second-order valence-corrected chi connectivity index (χ2v) is 3.73. The molecule has 18 heavy (non-hydrogen) atoms. The van der Waals surface area contributed by atoms with Crippen molar-refractivity contribution < 1.29 is 14.2 Å². The maximum absolute atomic E-state index is 10.6. The van der Waals surface area contributed by atoms with Gasteiger partial charge in [-0.3, -0.25) is 10.1 Å². The highest BCUT2D eigenvalue weighted by atomic mass is 16.6. The van der Waals surface area contributed by atoms with Gasteiger partial charge in [0.05, 0.1) is 4.92 Å². The van der Waals surface area contributed by atoms with Crippen molar-refractivity contribution in [1.82, 2.24) is 10.1 Å². The molecule has 1 aromatic carbocycles. The Kier molecular flexibility index (Phi) is 3.22. The van der Waals surface area contributed by atoms with Crippen LogP contribution in [0.15, 0.2) is 22.7 Å². The lowest BCUT2D eigenvalue weighted by molar-refractivity contribution is -0.385. The van der Waals surface area contributed by atoms with E-state index in [0.29, 0.717) is 23.0 Å². The van der Waals surface area contributed by atoms with Crippen LogP contribution in [0, 0.1) is 24.0 Å². The molecule has 0 saturated heterocycles. The van der Waals surface area contributed by atoms with Gasteiger partial charge in [0.15, 0.2) is 12.4 Å². The van der Waals surface area contributed by atoms with Crippen molar-refractivity contribution in [3.8, 4) is 5.75 Å². The molecule has 0 spiro atoms. The average molecular weight is 249 g/mol. The molecule has 0 N–H and O–H groups in total. The fourth-order valence-corrected chi connectivity index (χ4v) is 1.47. The monoisotopic (exact) mass is 249 g/mol. The number of hydrogen-bond acceptors (Lipinski definition) is 6. The largest absolute Gasteiger partial charge is 0.484 e. The van der Waals surface area contributed by atoms with Gasteiger partial charge in [0.25, 0.3) is 11.6 Å². The summed E-state index contributed by atoms with van der Waals surface area (Å²) in [5.74, 6) is 1.42. The topological polar surface area (TPSA) is 91.3 Å². The predicted molar refractivity (Wildman–Crippen MR) is 61.2 cm³/mol. The van der Waals surface area contributed by atoms with E-state index in [1.807, 2.05) is 0 Å². The molecule has 7 nitrogen and oxygen atoms in total. The molecular weight excluding hydrogens is 238 g/mol. The lowest BCUT2D eigenvalue weighted by Crippen LogP contribution is -1.97. The number of ether oxygens (including phenoxy) is 1. The lowest BCUT2D eigenvalue weighted by atomic mass is 10.2. The molecule has 0 atom stereocenters. The van der Waals surface area contributed by atoms with Gasteiger partial charge in [0.1, 0.15) is 5.75 Å². The van der Waals surface area contributed by atoms with Gasteiger partial charge in [0, 0.05) is 11.6 Å². The van der Waals surface area contributed by atoms with Gasteiger partial charge < -0.3 is 9.26 Å². The minimum atomic E-state index is -0.430. The SMILES string of the molecule is Cc1noc(COc2ccc([N+](=O)[O-])c(C)c2)n1. The number of nitro benzene ring substituents is 1. The van der Waals surface area contributed by atoms with Gasteiger partial charge in [-0.15, -0.1) is 0 Å². The van der Waals surface area contributed by atoms with E-state index in [1.54, 1.807) is 19.9 Å². The van der Waals surface area contributed by atoms with Gasteiger partial charge in [0.2, 0.25) is 0 Å². The summed E-state index contributed by atoms with van der Waals surface area (Å²) in [6.45, 7) is 3.50. The Bertz CT molecular complexity index is 579. The summed E-state index contributed by atoms with van der Waals surface area (Å²) in [4.78, 5) is 14.2. The highest BCUT2D eigenvalue weighted by molar-refractivity contribution is 5.44. The molecule has 0 amide bonds. The number of hydrogen-bond donors (Lipinski definition) is 0. The van der Waals surface area contributed by atoms with Crippen LogP contribution in [0.5, 0.6) is 5.75 Å². The van der Waals surface area contributed by atoms with E-state index in [4.69, 9.17) is 9.26 Å². The number of benzene rings is 1. The highest BCUT2D eigenvalue weighted by Gasteiger charge is 2.11. The fourth-order valence-electron chi connectivity index (χ4n) is 1.47. The maximum atomic E-state index is 10.6. The molecule has 0 saturated carbocycles. The first-order valence-electron chi connectivity index (χ1n) is 5.23. The first-order chi connectivity index (χ1) is 8.56. The molecule has 2 rings (SSSR count). The van der Waals surface area contributed by atoms with Crippen molar-refractivity contribution in [3.63, 3.8) is 0 Å². The Morgan fingerprint density at radius 1 is 1.44 bits per heavy atom. The molecule has 0 aliphatic rings. The summed E-state index contributed by atoms with van der Waals surface area (Å²) in [5, 5.41) is 14.3. The zero-order valence-corrected chi connectivity index (χ0v) is 9.91. The summed E-state index contributed by atoms with van der Waals surface area (Å²) in [6.07, 6.45) is 0. The molecule has 0 bridgehead atoms. The molecule has 0 unspecified atom stereocenters. The van der Waals surface area contributed by atoms with Crippen LogP contribution in [0.3, 0.4) is 0 Å². The second-order valence-electron chi connectivity index (χ2n) is 3.73. The van der Waals surface area contributed by atoms with Crippen molar-refractivity contribution in [3.05, 3.63) is 45.6 Å². The van der Waals surface area contributed by atoms with Gasteiger partial charge >= 0.3 is 0 Å². The van der Waals surface area contributed by atoms with E-state index in [9.17, 15) is 10.1 Å². The molecule has 7 heteroatoms.